The number of aromatic nitrogens is 2. The van der Waals surface area contributed by atoms with Crippen molar-refractivity contribution in [2.24, 2.45) is 0 Å². The monoisotopic (exact) mass is 458 g/mol. The number of ether oxygens (including phenoxy) is 1. The molecule has 2 heterocycles. The normalized spacial score (nSPS) is 14.0. The van der Waals surface area contributed by atoms with E-state index in [0.29, 0.717) is 23.6 Å². The van der Waals surface area contributed by atoms with Crippen molar-refractivity contribution in [3.63, 3.8) is 0 Å². The molecular weight excluding hydrogens is 438 g/mol. The summed E-state index contributed by atoms with van der Waals surface area (Å²) in [6, 6.07) is 15.2. The summed E-state index contributed by atoms with van der Waals surface area (Å²) in [7, 11) is 0. The van der Waals surface area contributed by atoms with Crippen LogP contribution in [0.25, 0.3) is 5.69 Å². The summed E-state index contributed by atoms with van der Waals surface area (Å²) >= 11 is 5.34. The van der Waals surface area contributed by atoms with Gasteiger partial charge in [0.1, 0.15) is 11.4 Å². The molecule has 32 heavy (non-hydrogen) atoms. The Morgan fingerprint density at radius 2 is 1.50 bits per heavy atom. The molecule has 4 rings (SSSR count). The van der Waals surface area contributed by atoms with E-state index in [9.17, 15) is 18.4 Å². The van der Waals surface area contributed by atoms with E-state index in [1.165, 1.54) is 23.1 Å². The molecule has 10 heteroatoms. The number of carbonyl (C=O) groups is 2. The number of nitrogens with one attached hydrogen (secondary N) is 1. The van der Waals surface area contributed by atoms with Crippen LogP contribution in [0.5, 0.6) is 5.75 Å². The lowest BCUT2D eigenvalue weighted by Gasteiger charge is -2.35. The molecule has 0 unspecified atom stereocenters. The van der Waals surface area contributed by atoms with Gasteiger partial charge in [-0.15, -0.1) is 0 Å². The van der Waals surface area contributed by atoms with Gasteiger partial charge < -0.3 is 19.5 Å². The zero-order chi connectivity index (χ0) is 22.7. The lowest BCUT2D eigenvalue weighted by Crippen LogP contribution is -2.51. The molecule has 3 aromatic rings. The molecule has 0 spiro atoms. The summed E-state index contributed by atoms with van der Waals surface area (Å²) in [4.78, 5) is 32.1. The van der Waals surface area contributed by atoms with Crippen molar-refractivity contribution in [3.8, 4) is 11.4 Å². The van der Waals surface area contributed by atoms with Gasteiger partial charge in [0.15, 0.2) is 4.77 Å². The Kier molecular flexibility index (Phi) is 6.31. The number of H-pyrrole nitrogens is 1. The van der Waals surface area contributed by atoms with Gasteiger partial charge in [-0.3, -0.25) is 14.2 Å². The molecular formula is C22H20F2N4O3S. The molecule has 1 N–H and O–H groups in total. The molecule has 7 nitrogen and oxygen atoms in total. The van der Waals surface area contributed by atoms with Gasteiger partial charge in [-0.05, 0) is 36.5 Å². The maximum absolute atomic E-state index is 13.2. The van der Waals surface area contributed by atoms with Gasteiger partial charge in [0.05, 0.1) is 5.56 Å². The van der Waals surface area contributed by atoms with Gasteiger partial charge in [-0.1, -0.05) is 30.3 Å². The second kappa shape index (κ2) is 9.31. The minimum absolute atomic E-state index is 0.0656. The number of hydrogen-bond donors (Lipinski definition) is 1. The van der Waals surface area contributed by atoms with E-state index in [4.69, 9.17) is 12.2 Å². The molecule has 1 fully saturated rings. The van der Waals surface area contributed by atoms with Crippen molar-refractivity contribution in [1.82, 2.24) is 19.4 Å². The van der Waals surface area contributed by atoms with Crippen molar-refractivity contribution in [1.29, 1.82) is 0 Å². The molecule has 0 atom stereocenters. The van der Waals surface area contributed by atoms with E-state index in [1.54, 1.807) is 21.7 Å². The second-order valence-electron chi connectivity index (χ2n) is 7.11. The Hall–Kier alpha value is -3.53. The highest BCUT2D eigenvalue weighted by atomic mass is 32.1. The molecule has 1 aromatic heterocycles. The van der Waals surface area contributed by atoms with Crippen molar-refractivity contribution in [2.75, 3.05) is 26.2 Å². The second-order valence-corrected chi connectivity index (χ2v) is 7.50. The number of piperazine rings is 1. The summed E-state index contributed by atoms with van der Waals surface area (Å²) in [5.74, 6) is -0.794. The minimum atomic E-state index is -3.02. The topological polar surface area (TPSA) is 70.6 Å². The third kappa shape index (κ3) is 4.40. The Labute approximate surface area is 187 Å². The van der Waals surface area contributed by atoms with Crippen LogP contribution >= 0.6 is 12.2 Å². The van der Waals surface area contributed by atoms with Crippen molar-refractivity contribution < 1.29 is 23.1 Å². The summed E-state index contributed by atoms with van der Waals surface area (Å²) in [5.41, 5.74) is 1.24. The highest BCUT2D eigenvalue weighted by molar-refractivity contribution is 7.71. The SMILES string of the molecule is O=C(c1ccccc1OC(F)F)N1CCN(C(=O)c2c[nH]c(=S)n2-c2ccccc2)CC1. The fourth-order valence-electron chi connectivity index (χ4n) is 3.65. The van der Waals surface area contributed by atoms with Gasteiger partial charge >= 0.3 is 6.61 Å². The highest BCUT2D eigenvalue weighted by Crippen LogP contribution is 2.23. The summed E-state index contributed by atoms with van der Waals surface area (Å²) in [6.07, 6.45) is 1.58. The number of carbonyl (C=O) groups excluding carboxylic acids is 2. The van der Waals surface area contributed by atoms with Crippen molar-refractivity contribution in [2.45, 2.75) is 6.61 Å². The van der Waals surface area contributed by atoms with Gasteiger partial charge in [0, 0.05) is 38.1 Å². The number of benzene rings is 2. The smallest absolute Gasteiger partial charge is 0.387 e. The van der Waals surface area contributed by atoms with Crippen LogP contribution in [0.2, 0.25) is 0 Å². The third-order valence-electron chi connectivity index (χ3n) is 5.20. The lowest BCUT2D eigenvalue weighted by atomic mass is 10.1. The Bertz CT molecular complexity index is 1170. The lowest BCUT2D eigenvalue weighted by molar-refractivity contribution is -0.0503. The van der Waals surface area contributed by atoms with Gasteiger partial charge in [0.25, 0.3) is 11.8 Å². The van der Waals surface area contributed by atoms with E-state index < -0.39 is 12.5 Å². The largest absolute Gasteiger partial charge is 0.434 e. The average molecular weight is 458 g/mol. The van der Waals surface area contributed by atoms with Crippen LogP contribution in [0.1, 0.15) is 20.8 Å². The number of aromatic amines is 1. The molecule has 0 radical (unpaired) electrons. The molecule has 0 aliphatic carbocycles. The van der Waals surface area contributed by atoms with Crippen LogP contribution in [0.15, 0.2) is 60.8 Å². The fraction of sp³-hybridized carbons (Fsp3) is 0.227. The zero-order valence-corrected chi connectivity index (χ0v) is 17.7. The predicted octanol–water partition coefficient (Wildman–Crippen LogP) is 3.73. The van der Waals surface area contributed by atoms with Crippen LogP contribution in [-0.2, 0) is 0 Å². The summed E-state index contributed by atoms with van der Waals surface area (Å²) in [6.45, 7) is -1.89. The Morgan fingerprint density at radius 1 is 0.906 bits per heavy atom. The summed E-state index contributed by atoms with van der Waals surface area (Å²) in [5, 5.41) is 0. The number of rotatable bonds is 5. The maximum Gasteiger partial charge on any atom is 0.387 e. The molecule has 2 amide bonds. The number of imidazole rings is 1. The average Bonchev–Trinajstić information content (AvgIpc) is 3.20. The van der Waals surface area contributed by atoms with Crippen molar-refractivity contribution >= 4 is 24.0 Å². The number of para-hydroxylation sites is 2. The highest BCUT2D eigenvalue weighted by Gasteiger charge is 2.29. The molecule has 1 aliphatic rings. The van der Waals surface area contributed by atoms with E-state index in [1.807, 2.05) is 30.3 Å². The van der Waals surface area contributed by atoms with Gasteiger partial charge in [-0.2, -0.15) is 8.78 Å². The van der Waals surface area contributed by atoms with E-state index in [-0.39, 0.29) is 30.3 Å². The maximum atomic E-state index is 13.2. The minimum Gasteiger partial charge on any atom is -0.434 e. The van der Waals surface area contributed by atoms with Crippen LogP contribution in [0.4, 0.5) is 8.78 Å². The number of halogens is 2. The molecule has 166 valence electrons. The third-order valence-corrected chi connectivity index (χ3v) is 5.50. The summed E-state index contributed by atoms with van der Waals surface area (Å²) < 4.78 is 31.9. The molecule has 1 aliphatic heterocycles. The Balaban J connectivity index is 1.47. The van der Waals surface area contributed by atoms with Crippen LogP contribution < -0.4 is 4.74 Å². The first-order chi connectivity index (χ1) is 15.5. The molecule has 0 saturated carbocycles. The van der Waals surface area contributed by atoms with E-state index in [2.05, 4.69) is 9.72 Å². The number of nitrogens with zero attached hydrogens (tertiary/aromatic N) is 3. The van der Waals surface area contributed by atoms with Crippen LogP contribution in [0, 0.1) is 4.77 Å². The molecule has 1 saturated heterocycles. The number of alkyl halides is 2. The van der Waals surface area contributed by atoms with Crippen LogP contribution in [-0.4, -0.2) is 64.0 Å². The number of hydrogen-bond acceptors (Lipinski definition) is 4. The van der Waals surface area contributed by atoms with Gasteiger partial charge in [0.2, 0.25) is 0 Å². The van der Waals surface area contributed by atoms with E-state index >= 15 is 0 Å². The first kappa shape index (κ1) is 21.7. The first-order valence-corrected chi connectivity index (χ1v) is 10.3. The number of amides is 2. The quantitative estimate of drug-likeness (QED) is 0.592. The van der Waals surface area contributed by atoms with E-state index in [0.717, 1.165) is 5.69 Å². The van der Waals surface area contributed by atoms with Crippen LogP contribution in [0.3, 0.4) is 0 Å². The van der Waals surface area contributed by atoms with Gasteiger partial charge in [-0.25, -0.2) is 0 Å². The standard InChI is InChI=1S/C22H20F2N4O3S/c23-21(24)31-18-9-5-4-8-16(18)19(29)26-10-12-27(13-11-26)20(30)17-14-25-22(32)28(17)15-6-2-1-3-7-15/h1-9,14,21H,10-13H2,(H,25,32). The molecule has 2 aromatic carbocycles. The molecule has 0 bridgehead atoms. The fourth-order valence-corrected chi connectivity index (χ4v) is 3.91. The Morgan fingerprint density at radius 3 is 2.16 bits per heavy atom. The predicted molar refractivity (Wildman–Crippen MR) is 116 cm³/mol. The zero-order valence-electron chi connectivity index (χ0n) is 16.9. The first-order valence-electron chi connectivity index (χ1n) is 9.94. The van der Waals surface area contributed by atoms with Crippen molar-refractivity contribution in [3.05, 3.63) is 76.8 Å².